The fourth-order valence-corrected chi connectivity index (χ4v) is 2.65. The minimum Gasteiger partial charge on any atom is -0.501 e. The summed E-state index contributed by atoms with van der Waals surface area (Å²) in [7, 11) is 0. The third-order valence-electron chi connectivity index (χ3n) is 3.01. The van der Waals surface area contributed by atoms with Crippen molar-refractivity contribution in [2.45, 2.75) is 25.8 Å². The summed E-state index contributed by atoms with van der Waals surface area (Å²) in [4.78, 5) is 0. The van der Waals surface area contributed by atoms with Crippen LogP contribution >= 0.6 is 15.9 Å². The van der Waals surface area contributed by atoms with E-state index in [-0.39, 0.29) is 11.9 Å². The van der Waals surface area contributed by atoms with E-state index in [1.54, 1.807) is 12.1 Å². The van der Waals surface area contributed by atoms with Crippen molar-refractivity contribution in [1.82, 2.24) is 5.32 Å². The summed E-state index contributed by atoms with van der Waals surface area (Å²) in [6.45, 7) is 3.64. The normalized spacial score (nSPS) is 16.9. The van der Waals surface area contributed by atoms with Gasteiger partial charge in [0, 0.05) is 4.47 Å². The first-order valence-electron chi connectivity index (χ1n) is 6.21. The molecule has 1 N–H and O–H groups in total. The lowest BCUT2D eigenvalue weighted by atomic mass is 9.95. The second-order valence-electron chi connectivity index (χ2n) is 4.32. The Labute approximate surface area is 115 Å². The average Bonchev–Trinajstić information content (AvgIpc) is 2.40. The Kier molecular flexibility index (Phi) is 4.78. The van der Waals surface area contributed by atoms with Gasteiger partial charge in [-0.25, -0.2) is 4.39 Å². The third kappa shape index (κ3) is 3.12. The molecule has 1 aliphatic heterocycles. The van der Waals surface area contributed by atoms with Gasteiger partial charge in [-0.3, -0.25) is 0 Å². The van der Waals surface area contributed by atoms with Gasteiger partial charge in [-0.15, -0.1) is 0 Å². The minimum absolute atomic E-state index is 0.0142. The van der Waals surface area contributed by atoms with Crippen LogP contribution in [0.15, 0.2) is 34.5 Å². The van der Waals surface area contributed by atoms with E-state index >= 15 is 0 Å². The topological polar surface area (TPSA) is 21.3 Å². The first-order chi connectivity index (χ1) is 8.72. The Morgan fingerprint density at radius 2 is 2.33 bits per heavy atom. The van der Waals surface area contributed by atoms with Gasteiger partial charge in [-0.05, 0) is 48.7 Å². The molecule has 18 heavy (non-hydrogen) atoms. The molecular formula is C14H17BrFNO. The van der Waals surface area contributed by atoms with Crippen LogP contribution in [-0.4, -0.2) is 13.2 Å². The zero-order chi connectivity index (χ0) is 13.0. The molecule has 0 fully saturated rings. The smallest absolute Gasteiger partial charge is 0.123 e. The van der Waals surface area contributed by atoms with Crippen molar-refractivity contribution in [2.75, 3.05) is 13.2 Å². The summed E-state index contributed by atoms with van der Waals surface area (Å²) in [5, 5.41) is 3.39. The molecule has 0 aliphatic carbocycles. The molecule has 4 heteroatoms. The molecule has 1 aromatic rings. The number of ether oxygens (including phenoxy) is 1. The average molecular weight is 314 g/mol. The molecule has 0 saturated heterocycles. The lowest BCUT2D eigenvalue weighted by Gasteiger charge is -2.25. The maximum absolute atomic E-state index is 13.4. The van der Waals surface area contributed by atoms with Gasteiger partial charge in [0.1, 0.15) is 5.82 Å². The number of hydrogen-bond donors (Lipinski definition) is 1. The summed E-state index contributed by atoms with van der Waals surface area (Å²) < 4.78 is 19.7. The first-order valence-corrected chi connectivity index (χ1v) is 7.00. The maximum atomic E-state index is 13.4. The second-order valence-corrected chi connectivity index (χ2v) is 5.18. The van der Waals surface area contributed by atoms with Crippen LogP contribution in [0, 0.1) is 5.82 Å². The lowest BCUT2D eigenvalue weighted by molar-refractivity contribution is 0.219. The predicted molar refractivity (Wildman–Crippen MR) is 73.8 cm³/mol. The van der Waals surface area contributed by atoms with Gasteiger partial charge in [0.2, 0.25) is 0 Å². The Balaban J connectivity index is 2.34. The number of rotatable bonds is 4. The quantitative estimate of drug-likeness (QED) is 0.909. The highest BCUT2D eigenvalue weighted by atomic mass is 79.9. The van der Waals surface area contributed by atoms with Crippen LogP contribution in [0.5, 0.6) is 0 Å². The van der Waals surface area contributed by atoms with Crippen molar-refractivity contribution in [3.63, 3.8) is 0 Å². The van der Waals surface area contributed by atoms with Gasteiger partial charge >= 0.3 is 0 Å². The van der Waals surface area contributed by atoms with Crippen molar-refractivity contribution < 1.29 is 9.13 Å². The molecule has 1 heterocycles. The van der Waals surface area contributed by atoms with E-state index in [1.807, 2.05) is 13.2 Å². The van der Waals surface area contributed by atoms with Gasteiger partial charge in [0.05, 0.1) is 18.9 Å². The highest BCUT2D eigenvalue weighted by Crippen LogP contribution is 2.32. The molecule has 0 saturated carbocycles. The van der Waals surface area contributed by atoms with Crippen LogP contribution in [0.1, 0.15) is 31.4 Å². The van der Waals surface area contributed by atoms with Gasteiger partial charge < -0.3 is 10.1 Å². The molecule has 1 unspecified atom stereocenters. The molecule has 0 bridgehead atoms. The lowest BCUT2D eigenvalue weighted by Crippen LogP contribution is -2.24. The predicted octanol–water partition coefficient (Wildman–Crippen LogP) is 3.93. The number of halogens is 2. The van der Waals surface area contributed by atoms with Crippen LogP contribution in [0.2, 0.25) is 0 Å². The van der Waals surface area contributed by atoms with Crippen molar-refractivity contribution in [3.05, 3.63) is 45.9 Å². The molecule has 2 nitrogen and oxygen atoms in total. The summed E-state index contributed by atoms with van der Waals surface area (Å²) in [5.74, 6) is -0.214. The number of likely N-dealkylation sites (N-methyl/N-ethyl adjacent to an activating group) is 1. The Morgan fingerprint density at radius 3 is 3.00 bits per heavy atom. The van der Waals surface area contributed by atoms with Gasteiger partial charge in [-0.1, -0.05) is 22.9 Å². The van der Waals surface area contributed by atoms with Crippen molar-refractivity contribution >= 4 is 15.9 Å². The zero-order valence-electron chi connectivity index (χ0n) is 10.4. The van der Waals surface area contributed by atoms with E-state index in [4.69, 9.17) is 4.74 Å². The van der Waals surface area contributed by atoms with Crippen LogP contribution in [-0.2, 0) is 4.74 Å². The third-order valence-corrected chi connectivity index (χ3v) is 3.73. The Hall–Kier alpha value is -0.870. The van der Waals surface area contributed by atoms with Crippen LogP contribution in [0.3, 0.4) is 0 Å². The SMILES string of the molecule is CCNC(C1=COCCC1)c1cc(F)ccc1Br. The molecule has 0 radical (unpaired) electrons. The fraction of sp³-hybridized carbons (Fsp3) is 0.429. The van der Waals surface area contributed by atoms with Crippen molar-refractivity contribution in [3.8, 4) is 0 Å². The van der Waals surface area contributed by atoms with Crippen LogP contribution in [0.25, 0.3) is 0 Å². The summed E-state index contributed by atoms with van der Waals surface area (Å²) >= 11 is 3.49. The monoisotopic (exact) mass is 313 g/mol. The van der Waals surface area contributed by atoms with Gasteiger partial charge in [0.15, 0.2) is 0 Å². The minimum atomic E-state index is -0.214. The highest BCUT2D eigenvalue weighted by molar-refractivity contribution is 9.10. The number of nitrogens with one attached hydrogen (secondary N) is 1. The maximum Gasteiger partial charge on any atom is 0.123 e. The Bertz CT molecular complexity index is 447. The molecule has 1 atom stereocenters. The fourth-order valence-electron chi connectivity index (χ4n) is 2.18. The summed E-state index contributed by atoms with van der Waals surface area (Å²) in [6, 6.07) is 4.80. The van der Waals surface area contributed by atoms with Gasteiger partial charge in [0.25, 0.3) is 0 Å². The van der Waals surface area contributed by atoms with E-state index in [2.05, 4.69) is 21.2 Å². The van der Waals surface area contributed by atoms with E-state index in [0.29, 0.717) is 0 Å². The van der Waals surface area contributed by atoms with E-state index in [9.17, 15) is 4.39 Å². The van der Waals surface area contributed by atoms with E-state index in [1.165, 1.54) is 11.6 Å². The molecule has 2 rings (SSSR count). The molecule has 0 amide bonds. The molecule has 1 aliphatic rings. The second kappa shape index (κ2) is 6.34. The number of benzene rings is 1. The van der Waals surface area contributed by atoms with Crippen molar-refractivity contribution in [2.24, 2.45) is 0 Å². The summed E-state index contributed by atoms with van der Waals surface area (Å²) in [5.41, 5.74) is 2.10. The largest absolute Gasteiger partial charge is 0.501 e. The van der Waals surface area contributed by atoms with E-state index < -0.39 is 0 Å². The van der Waals surface area contributed by atoms with Gasteiger partial charge in [-0.2, -0.15) is 0 Å². The molecule has 0 spiro atoms. The summed E-state index contributed by atoms with van der Waals surface area (Å²) in [6.07, 6.45) is 3.81. The van der Waals surface area contributed by atoms with E-state index in [0.717, 1.165) is 36.0 Å². The zero-order valence-corrected chi connectivity index (χ0v) is 12.0. The van der Waals surface area contributed by atoms with Crippen LogP contribution < -0.4 is 5.32 Å². The molecular weight excluding hydrogens is 297 g/mol. The molecule has 0 aromatic heterocycles. The first kappa shape index (κ1) is 13.6. The molecule has 98 valence electrons. The Morgan fingerprint density at radius 1 is 1.50 bits per heavy atom. The highest BCUT2D eigenvalue weighted by Gasteiger charge is 2.20. The standard InChI is InChI=1S/C14H17BrFNO/c1-2-17-14(10-4-3-7-18-9-10)12-8-11(16)5-6-13(12)15/h5-6,8-9,14,17H,2-4,7H2,1H3. The molecule has 1 aromatic carbocycles. The van der Waals surface area contributed by atoms with Crippen LogP contribution in [0.4, 0.5) is 4.39 Å². The van der Waals surface area contributed by atoms with Crippen molar-refractivity contribution in [1.29, 1.82) is 0 Å². The number of hydrogen-bond acceptors (Lipinski definition) is 2.